The summed E-state index contributed by atoms with van der Waals surface area (Å²) in [5.41, 5.74) is 1.02. The highest BCUT2D eigenvalue weighted by Gasteiger charge is 1.89. The van der Waals surface area contributed by atoms with Crippen molar-refractivity contribution in [3.8, 4) is 5.75 Å². The molecule has 0 aliphatic heterocycles. The lowest BCUT2D eigenvalue weighted by atomic mass is 10.3. The van der Waals surface area contributed by atoms with Gasteiger partial charge in [0, 0.05) is 0 Å². The molecule has 0 aromatic heterocycles. The summed E-state index contributed by atoms with van der Waals surface area (Å²) < 4.78 is 5.34. The zero-order chi connectivity index (χ0) is 8.10. The Morgan fingerprint density at radius 3 is 3.09 bits per heavy atom. The molecule has 0 aliphatic carbocycles. The van der Waals surface area contributed by atoms with Gasteiger partial charge in [0.05, 0.1) is 0 Å². The molecule has 0 saturated carbocycles. The zero-order valence-corrected chi connectivity index (χ0v) is 6.63. The van der Waals surface area contributed by atoms with Crippen molar-refractivity contribution < 1.29 is 4.74 Å². The standard InChI is InChI=1S/C10H11O/c1-9(2)8-11-10-6-4-3-5-7-10/h3-4,6-7H,1,8H2,2H3. The topological polar surface area (TPSA) is 9.23 Å². The van der Waals surface area contributed by atoms with Crippen molar-refractivity contribution in [2.75, 3.05) is 6.61 Å². The molecule has 1 radical (unpaired) electrons. The van der Waals surface area contributed by atoms with Crippen molar-refractivity contribution >= 4 is 0 Å². The number of benzene rings is 1. The summed E-state index contributed by atoms with van der Waals surface area (Å²) in [5, 5.41) is 0. The molecular weight excluding hydrogens is 136 g/mol. The van der Waals surface area contributed by atoms with E-state index in [2.05, 4.69) is 12.6 Å². The maximum absolute atomic E-state index is 5.34. The molecule has 11 heavy (non-hydrogen) atoms. The first-order valence-electron chi connectivity index (χ1n) is 3.52. The van der Waals surface area contributed by atoms with E-state index < -0.39 is 0 Å². The molecule has 0 heterocycles. The summed E-state index contributed by atoms with van der Waals surface area (Å²) in [4.78, 5) is 0. The van der Waals surface area contributed by atoms with Gasteiger partial charge in [0.25, 0.3) is 0 Å². The van der Waals surface area contributed by atoms with Crippen LogP contribution in [0.25, 0.3) is 0 Å². The lowest BCUT2D eigenvalue weighted by Crippen LogP contribution is -1.96. The smallest absolute Gasteiger partial charge is 0.120 e. The van der Waals surface area contributed by atoms with Gasteiger partial charge in [0.1, 0.15) is 12.4 Å². The number of hydrogen-bond donors (Lipinski definition) is 0. The van der Waals surface area contributed by atoms with E-state index in [4.69, 9.17) is 4.74 Å². The van der Waals surface area contributed by atoms with Crippen LogP contribution < -0.4 is 4.74 Å². The molecule has 0 saturated heterocycles. The summed E-state index contributed by atoms with van der Waals surface area (Å²) in [6, 6.07) is 10.4. The molecule has 0 bridgehead atoms. The molecule has 0 fully saturated rings. The van der Waals surface area contributed by atoms with E-state index in [-0.39, 0.29) is 0 Å². The molecule has 0 N–H and O–H groups in total. The Balaban J connectivity index is 2.45. The highest BCUT2D eigenvalue weighted by Crippen LogP contribution is 2.08. The van der Waals surface area contributed by atoms with E-state index in [1.165, 1.54) is 0 Å². The van der Waals surface area contributed by atoms with Gasteiger partial charge in [-0.05, 0) is 30.7 Å². The molecule has 57 valence electrons. The van der Waals surface area contributed by atoms with Gasteiger partial charge in [-0.2, -0.15) is 0 Å². The van der Waals surface area contributed by atoms with Gasteiger partial charge in [0.2, 0.25) is 0 Å². The predicted octanol–water partition coefficient (Wildman–Crippen LogP) is 2.44. The summed E-state index contributed by atoms with van der Waals surface area (Å²) in [6.07, 6.45) is 0. The van der Waals surface area contributed by atoms with E-state index in [0.717, 1.165) is 11.3 Å². The summed E-state index contributed by atoms with van der Waals surface area (Å²) in [7, 11) is 0. The van der Waals surface area contributed by atoms with E-state index >= 15 is 0 Å². The molecule has 1 nitrogen and oxygen atoms in total. The van der Waals surface area contributed by atoms with Gasteiger partial charge in [0.15, 0.2) is 0 Å². The maximum atomic E-state index is 5.34. The fraction of sp³-hybridized carbons (Fsp3) is 0.200. The first-order valence-corrected chi connectivity index (χ1v) is 3.52. The van der Waals surface area contributed by atoms with Crippen LogP contribution in [0.3, 0.4) is 0 Å². The lowest BCUT2D eigenvalue weighted by Gasteiger charge is -2.03. The van der Waals surface area contributed by atoms with Gasteiger partial charge >= 0.3 is 0 Å². The fourth-order valence-electron chi connectivity index (χ4n) is 0.673. The minimum absolute atomic E-state index is 0.581. The first kappa shape index (κ1) is 7.86. The summed E-state index contributed by atoms with van der Waals surface area (Å²) in [5.74, 6) is 0.843. The average molecular weight is 147 g/mol. The van der Waals surface area contributed by atoms with Gasteiger partial charge in [-0.25, -0.2) is 0 Å². The van der Waals surface area contributed by atoms with E-state index in [9.17, 15) is 0 Å². The van der Waals surface area contributed by atoms with Gasteiger partial charge < -0.3 is 4.74 Å². The minimum Gasteiger partial charge on any atom is -0.489 e. The van der Waals surface area contributed by atoms with Crippen LogP contribution in [0.5, 0.6) is 5.75 Å². The molecule has 1 heteroatoms. The third kappa shape index (κ3) is 2.89. The van der Waals surface area contributed by atoms with Crippen molar-refractivity contribution in [1.29, 1.82) is 0 Å². The number of ether oxygens (including phenoxy) is 1. The molecule has 0 spiro atoms. The third-order valence-corrected chi connectivity index (χ3v) is 1.16. The van der Waals surface area contributed by atoms with Crippen LogP contribution in [0.1, 0.15) is 6.92 Å². The molecule has 0 unspecified atom stereocenters. The van der Waals surface area contributed by atoms with Gasteiger partial charge in [-0.3, -0.25) is 0 Å². The average Bonchev–Trinajstić information content (AvgIpc) is 2.03. The van der Waals surface area contributed by atoms with Gasteiger partial charge in [-0.15, -0.1) is 0 Å². The Kier molecular flexibility index (Phi) is 2.73. The second kappa shape index (κ2) is 3.81. The molecule has 0 aliphatic rings. The second-order valence-electron chi connectivity index (χ2n) is 2.48. The molecule has 1 rings (SSSR count). The van der Waals surface area contributed by atoms with Crippen LogP contribution in [0.2, 0.25) is 0 Å². The van der Waals surface area contributed by atoms with Crippen molar-refractivity contribution in [3.05, 3.63) is 42.5 Å². The maximum Gasteiger partial charge on any atom is 0.120 e. The Hall–Kier alpha value is -1.24. The monoisotopic (exact) mass is 147 g/mol. The summed E-state index contributed by atoms with van der Waals surface area (Å²) in [6.45, 7) is 6.25. The van der Waals surface area contributed by atoms with Crippen LogP contribution >= 0.6 is 0 Å². The molecule has 1 aromatic carbocycles. The Morgan fingerprint density at radius 1 is 1.73 bits per heavy atom. The summed E-state index contributed by atoms with van der Waals surface area (Å²) >= 11 is 0. The van der Waals surface area contributed by atoms with E-state index in [1.807, 2.05) is 31.2 Å². The van der Waals surface area contributed by atoms with Crippen molar-refractivity contribution in [3.63, 3.8) is 0 Å². The molecule has 1 aromatic rings. The molecule has 0 atom stereocenters. The van der Waals surface area contributed by atoms with Crippen LogP contribution in [-0.2, 0) is 0 Å². The van der Waals surface area contributed by atoms with Gasteiger partial charge in [-0.1, -0.05) is 18.7 Å². The minimum atomic E-state index is 0.581. The first-order chi connectivity index (χ1) is 5.29. The van der Waals surface area contributed by atoms with Crippen molar-refractivity contribution in [2.45, 2.75) is 6.92 Å². The highest BCUT2D eigenvalue weighted by molar-refractivity contribution is 5.20. The van der Waals surface area contributed by atoms with Crippen LogP contribution in [-0.4, -0.2) is 6.61 Å². The van der Waals surface area contributed by atoms with Crippen LogP contribution in [0, 0.1) is 6.07 Å². The molecular formula is C10H11O. The molecule has 0 amide bonds. The third-order valence-electron chi connectivity index (χ3n) is 1.16. The largest absolute Gasteiger partial charge is 0.489 e. The van der Waals surface area contributed by atoms with E-state index in [1.54, 1.807) is 0 Å². The zero-order valence-electron chi connectivity index (χ0n) is 6.63. The fourth-order valence-corrected chi connectivity index (χ4v) is 0.673. The predicted molar refractivity (Wildman–Crippen MR) is 45.6 cm³/mol. The number of rotatable bonds is 3. The van der Waals surface area contributed by atoms with Crippen LogP contribution in [0.4, 0.5) is 0 Å². The van der Waals surface area contributed by atoms with Crippen molar-refractivity contribution in [1.82, 2.24) is 0 Å². The Labute approximate surface area is 67.3 Å². The SMILES string of the molecule is C=C(C)COc1c[c]ccc1. The van der Waals surface area contributed by atoms with Crippen LogP contribution in [0.15, 0.2) is 36.4 Å². The van der Waals surface area contributed by atoms with E-state index in [0.29, 0.717) is 6.61 Å². The second-order valence-corrected chi connectivity index (χ2v) is 2.48. The normalized spacial score (nSPS) is 9.18. The quantitative estimate of drug-likeness (QED) is 0.597. The Morgan fingerprint density at radius 2 is 2.55 bits per heavy atom. The Bertz CT molecular complexity index is 226. The number of hydrogen-bond acceptors (Lipinski definition) is 1. The lowest BCUT2D eigenvalue weighted by molar-refractivity contribution is 0.352. The highest BCUT2D eigenvalue weighted by atomic mass is 16.5. The van der Waals surface area contributed by atoms with Crippen molar-refractivity contribution in [2.24, 2.45) is 0 Å².